The molecule has 2 aromatic rings. The molecular weight excluding hydrogens is 266 g/mol. The van der Waals surface area contributed by atoms with Crippen molar-refractivity contribution in [2.24, 2.45) is 0 Å². The molecule has 0 spiro atoms. The third-order valence-electron chi connectivity index (χ3n) is 3.04. The minimum atomic E-state index is 0.508. The summed E-state index contributed by atoms with van der Waals surface area (Å²) in [6, 6.07) is 16.0. The summed E-state index contributed by atoms with van der Waals surface area (Å²) < 4.78 is 16.0. The summed E-state index contributed by atoms with van der Waals surface area (Å²) in [7, 11) is 3.30. The number of anilines is 1. The summed E-state index contributed by atoms with van der Waals surface area (Å²) in [5.41, 5.74) is 2.23. The standard InChI is InChI=1S/C17H21NO3/c1-19-10-11-21-16-9-8-14(12-17(16)20-2)13-18-15-6-4-3-5-7-15/h3-9,12,18H,10-11,13H2,1-2H3. The maximum Gasteiger partial charge on any atom is 0.161 e. The predicted molar refractivity (Wildman–Crippen MR) is 84.1 cm³/mol. The monoisotopic (exact) mass is 287 g/mol. The summed E-state index contributed by atoms with van der Waals surface area (Å²) in [5.74, 6) is 1.47. The Morgan fingerprint density at radius 3 is 2.43 bits per heavy atom. The Balaban J connectivity index is 1.97. The smallest absolute Gasteiger partial charge is 0.161 e. The molecule has 0 heterocycles. The van der Waals surface area contributed by atoms with Gasteiger partial charge in [0.05, 0.1) is 13.7 Å². The van der Waals surface area contributed by atoms with Gasteiger partial charge in [-0.3, -0.25) is 0 Å². The Morgan fingerprint density at radius 2 is 1.71 bits per heavy atom. The van der Waals surface area contributed by atoms with E-state index in [1.54, 1.807) is 14.2 Å². The lowest BCUT2D eigenvalue weighted by Gasteiger charge is -2.12. The number of hydrogen-bond acceptors (Lipinski definition) is 4. The molecule has 0 aliphatic carbocycles. The van der Waals surface area contributed by atoms with Crippen molar-refractivity contribution in [2.45, 2.75) is 6.54 Å². The highest BCUT2D eigenvalue weighted by atomic mass is 16.5. The first-order chi connectivity index (χ1) is 10.3. The molecule has 0 amide bonds. The van der Waals surface area contributed by atoms with Crippen LogP contribution in [0.5, 0.6) is 11.5 Å². The molecule has 0 aliphatic heterocycles. The van der Waals surface area contributed by atoms with Crippen molar-refractivity contribution in [2.75, 3.05) is 32.8 Å². The van der Waals surface area contributed by atoms with Gasteiger partial charge in [-0.1, -0.05) is 24.3 Å². The summed E-state index contributed by atoms with van der Waals surface area (Å²) in [5, 5.41) is 3.37. The molecule has 1 N–H and O–H groups in total. The third kappa shape index (κ3) is 4.68. The number of benzene rings is 2. The van der Waals surface area contributed by atoms with Crippen LogP contribution in [0.3, 0.4) is 0 Å². The third-order valence-corrected chi connectivity index (χ3v) is 3.04. The minimum Gasteiger partial charge on any atom is -0.493 e. The predicted octanol–water partition coefficient (Wildman–Crippen LogP) is 3.33. The van der Waals surface area contributed by atoms with Gasteiger partial charge in [-0.05, 0) is 29.8 Å². The van der Waals surface area contributed by atoms with E-state index in [1.807, 2.05) is 48.5 Å². The summed E-state index contributed by atoms with van der Waals surface area (Å²) in [4.78, 5) is 0. The Morgan fingerprint density at radius 1 is 0.905 bits per heavy atom. The van der Waals surface area contributed by atoms with Gasteiger partial charge < -0.3 is 19.5 Å². The Kier molecular flexibility index (Phi) is 5.91. The van der Waals surface area contributed by atoms with Crippen LogP contribution < -0.4 is 14.8 Å². The Labute approximate surface area is 125 Å². The number of nitrogens with one attached hydrogen (secondary N) is 1. The van der Waals surface area contributed by atoms with Crippen LogP contribution in [0.1, 0.15) is 5.56 Å². The molecule has 0 unspecified atom stereocenters. The zero-order valence-corrected chi connectivity index (χ0v) is 12.5. The number of hydrogen-bond donors (Lipinski definition) is 1. The average Bonchev–Trinajstić information content (AvgIpc) is 2.55. The first kappa shape index (κ1) is 15.2. The van der Waals surface area contributed by atoms with Gasteiger partial charge in [0, 0.05) is 19.3 Å². The molecule has 0 bridgehead atoms. The van der Waals surface area contributed by atoms with E-state index in [0.29, 0.717) is 13.2 Å². The normalized spacial score (nSPS) is 10.2. The van der Waals surface area contributed by atoms with Crippen LogP contribution in [0.25, 0.3) is 0 Å². The largest absolute Gasteiger partial charge is 0.493 e. The van der Waals surface area contributed by atoms with Crippen molar-refractivity contribution in [3.63, 3.8) is 0 Å². The fourth-order valence-corrected chi connectivity index (χ4v) is 1.94. The van der Waals surface area contributed by atoms with Gasteiger partial charge in [0.2, 0.25) is 0 Å². The number of para-hydroxylation sites is 1. The van der Waals surface area contributed by atoms with Crippen LogP contribution in [0.2, 0.25) is 0 Å². The van der Waals surface area contributed by atoms with Crippen LogP contribution >= 0.6 is 0 Å². The molecule has 4 heteroatoms. The molecule has 0 saturated heterocycles. The molecule has 0 aliphatic rings. The average molecular weight is 287 g/mol. The highest BCUT2D eigenvalue weighted by Crippen LogP contribution is 2.28. The topological polar surface area (TPSA) is 39.7 Å². The second-order valence-corrected chi connectivity index (χ2v) is 4.55. The van der Waals surface area contributed by atoms with Crippen LogP contribution in [0.4, 0.5) is 5.69 Å². The van der Waals surface area contributed by atoms with Gasteiger partial charge in [0.15, 0.2) is 11.5 Å². The van der Waals surface area contributed by atoms with E-state index in [0.717, 1.165) is 29.3 Å². The molecule has 0 radical (unpaired) electrons. The Bertz CT molecular complexity index is 543. The summed E-state index contributed by atoms with van der Waals surface area (Å²) in [6.07, 6.45) is 0. The van der Waals surface area contributed by atoms with E-state index in [4.69, 9.17) is 14.2 Å². The van der Waals surface area contributed by atoms with Gasteiger partial charge in [-0.25, -0.2) is 0 Å². The first-order valence-electron chi connectivity index (χ1n) is 6.91. The quantitative estimate of drug-likeness (QED) is 0.756. The summed E-state index contributed by atoms with van der Waals surface area (Å²) >= 11 is 0. The molecular formula is C17H21NO3. The molecule has 4 nitrogen and oxygen atoms in total. The second-order valence-electron chi connectivity index (χ2n) is 4.55. The lowest BCUT2D eigenvalue weighted by molar-refractivity contribution is 0.144. The van der Waals surface area contributed by atoms with E-state index in [9.17, 15) is 0 Å². The Hall–Kier alpha value is -2.20. The van der Waals surface area contributed by atoms with E-state index in [2.05, 4.69) is 5.32 Å². The molecule has 0 aromatic heterocycles. The highest BCUT2D eigenvalue weighted by Gasteiger charge is 2.05. The van der Waals surface area contributed by atoms with E-state index in [1.165, 1.54) is 0 Å². The second kappa shape index (κ2) is 8.17. The molecule has 112 valence electrons. The van der Waals surface area contributed by atoms with E-state index < -0.39 is 0 Å². The fraction of sp³-hybridized carbons (Fsp3) is 0.294. The van der Waals surface area contributed by atoms with Gasteiger partial charge in [-0.2, -0.15) is 0 Å². The van der Waals surface area contributed by atoms with Crippen molar-refractivity contribution >= 4 is 5.69 Å². The van der Waals surface area contributed by atoms with Crippen molar-refractivity contribution in [1.29, 1.82) is 0 Å². The van der Waals surface area contributed by atoms with Crippen LogP contribution in [0.15, 0.2) is 48.5 Å². The molecule has 0 atom stereocenters. The lowest BCUT2D eigenvalue weighted by Crippen LogP contribution is -2.06. The summed E-state index contributed by atoms with van der Waals surface area (Å²) in [6.45, 7) is 1.80. The first-order valence-corrected chi connectivity index (χ1v) is 6.91. The molecule has 0 fully saturated rings. The minimum absolute atomic E-state index is 0.508. The maximum atomic E-state index is 5.62. The van der Waals surface area contributed by atoms with Crippen molar-refractivity contribution < 1.29 is 14.2 Å². The van der Waals surface area contributed by atoms with Crippen molar-refractivity contribution in [3.05, 3.63) is 54.1 Å². The zero-order valence-electron chi connectivity index (χ0n) is 12.5. The van der Waals surface area contributed by atoms with E-state index in [-0.39, 0.29) is 0 Å². The number of methoxy groups -OCH3 is 2. The van der Waals surface area contributed by atoms with Crippen LogP contribution in [0, 0.1) is 0 Å². The van der Waals surface area contributed by atoms with Gasteiger partial charge in [-0.15, -0.1) is 0 Å². The van der Waals surface area contributed by atoms with Gasteiger partial charge in [0.25, 0.3) is 0 Å². The van der Waals surface area contributed by atoms with E-state index >= 15 is 0 Å². The lowest BCUT2D eigenvalue weighted by atomic mass is 10.2. The molecule has 2 rings (SSSR count). The number of ether oxygens (including phenoxy) is 3. The van der Waals surface area contributed by atoms with Crippen molar-refractivity contribution in [1.82, 2.24) is 0 Å². The highest BCUT2D eigenvalue weighted by molar-refractivity contribution is 5.46. The SMILES string of the molecule is COCCOc1ccc(CNc2ccccc2)cc1OC. The van der Waals surface area contributed by atoms with Gasteiger partial charge in [0.1, 0.15) is 6.61 Å². The fourth-order valence-electron chi connectivity index (χ4n) is 1.94. The number of rotatable bonds is 8. The maximum absolute atomic E-state index is 5.62. The van der Waals surface area contributed by atoms with Crippen LogP contribution in [-0.4, -0.2) is 27.4 Å². The van der Waals surface area contributed by atoms with Gasteiger partial charge >= 0.3 is 0 Å². The molecule has 0 saturated carbocycles. The van der Waals surface area contributed by atoms with Crippen molar-refractivity contribution in [3.8, 4) is 11.5 Å². The molecule has 21 heavy (non-hydrogen) atoms. The van der Waals surface area contributed by atoms with Crippen LogP contribution in [-0.2, 0) is 11.3 Å². The zero-order chi connectivity index (χ0) is 14.9. The molecule has 2 aromatic carbocycles.